The summed E-state index contributed by atoms with van der Waals surface area (Å²) < 4.78 is 18.5. The first-order chi connectivity index (χ1) is 14.6. The summed E-state index contributed by atoms with van der Waals surface area (Å²) in [5, 5.41) is 6.56. The average molecular weight is 418 g/mol. The normalized spacial score (nSPS) is 15.9. The summed E-state index contributed by atoms with van der Waals surface area (Å²) in [6.07, 6.45) is 0. The van der Waals surface area contributed by atoms with E-state index in [2.05, 4.69) is 10.6 Å². The van der Waals surface area contributed by atoms with Gasteiger partial charge in [0.05, 0.1) is 24.4 Å². The van der Waals surface area contributed by atoms with Gasteiger partial charge in [-0.15, -0.1) is 0 Å². The van der Waals surface area contributed by atoms with Crippen molar-refractivity contribution in [2.45, 2.75) is 6.04 Å². The number of halogens is 1. The molecule has 0 aliphatic carbocycles. The lowest BCUT2D eigenvalue weighted by Gasteiger charge is -2.31. The third-order valence-electron chi connectivity index (χ3n) is 4.96. The molecular weight excluding hydrogens is 399 g/mol. The largest absolute Gasteiger partial charge is 0.466 e. The van der Waals surface area contributed by atoms with E-state index in [0.717, 1.165) is 16.7 Å². The predicted octanol–water partition coefficient (Wildman–Crippen LogP) is 4.60. The van der Waals surface area contributed by atoms with Gasteiger partial charge in [0, 0.05) is 0 Å². The molecule has 1 heterocycles. The number of benzene rings is 3. The highest BCUT2D eigenvalue weighted by Gasteiger charge is 2.32. The maximum atomic E-state index is 13.4. The van der Waals surface area contributed by atoms with Gasteiger partial charge in [0.2, 0.25) is 0 Å². The summed E-state index contributed by atoms with van der Waals surface area (Å²) in [5.41, 5.74) is 4.56. The Labute approximate surface area is 179 Å². The number of esters is 1. The van der Waals surface area contributed by atoms with E-state index in [0.29, 0.717) is 21.9 Å². The van der Waals surface area contributed by atoms with Gasteiger partial charge in [-0.1, -0.05) is 54.6 Å². The molecule has 0 saturated heterocycles. The van der Waals surface area contributed by atoms with Crippen LogP contribution >= 0.6 is 12.2 Å². The molecule has 0 radical (unpaired) electrons. The van der Waals surface area contributed by atoms with Crippen LogP contribution in [0.25, 0.3) is 16.8 Å². The molecule has 150 valence electrons. The number of ether oxygens (including phenoxy) is 1. The molecule has 6 heteroatoms. The molecule has 3 aromatic carbocycles. The van der Waals surface area contributed by atoms with Gasteiger partial charge in [0.15, 0.2) is 5.11 Å². The lowest BCUT2D eigenvalue weighted by Crippen LogP contribution is -2.45. The zero-order valence-electron chi connectivity index (χ0n) is 16.2. The van der Waals surface area contributed by atoms with Crippen LogP contribution in [0.1, 0.15) is 17.2 Å². The Balaban J connectivity index is 1.78. The molecule has 1 atom stereocenters. The Morgan fingerprint density at radius 1 is 0.900 bits per heavy atom. The Morgan fingerprint density at radius 3 is 2.13 bits per heavy atom. The van der Waals surface area contributed by atoms with Crippen LogP contribution in [0, 0.1) is 5.82 Å². The van der Waals surface area contributed by atoms with Gasteiger partial charge in [-0.3, -0.25) is 0 Å². The third-order valence-corrected chi connectivity index (χ3v) is 5.18. The first-order valence-electron chi connectivity index (χ1n) is 9.38. The molecule has 4 rings (SSSR count). The van der Waals surface area contributed by atoms with E-state index in [4.69, 9.17) is 17.0 Å². The molecule has 4 nitrogen and oxygen atoms in total. The minimum Gasteiger partial charge on any atom is -0.466 e. The van der Waals surface area contributed by atoms with E-state index in [-0.39, 0.29) is 5.82 Å². The maximum absolute atomic E-state index is 13.4. The van der Waals surface area contributed by atoms with Crippen molar-refractivity contribution >= 4 is 29.0 Å². The van der Waals surface area contributed by atoms with Gasteiger partial charge in [-0.2, -0.15) is 0 Å². The summed E-state index contributed by atoms with van der Waals surface area (Å²) in [7, 11) is 1.33. The first kappa shape index (κ1) is 19.8. The molecule has 0 fully saturated rings. The van der Waals surface area contributed by atoms with E-state index in [1.54, 1.807) is 12.1 Å². The average Bonchev–Trinajstić information content (AvgIpc) is 2.79. The third kappa shape index (κ3) is 3.95. The minimum absolute atomic E-state index is 0.358. The molecule has 0 saturated carbocycles. The standard InChI is InChI=1S/C24H19FN2O2S/c1-29-23(28)20-21(17-9-7-16(8-10-17)15-5-3-2-4-6-15)26-24(30)27-22(20)18-11-13-19(25)14-12-18/h2-14,21H,1H3,(H2,26,27,30). The SMILES string of the molecule is COC(=O)C1=C(c2ccc(F)cc2)NC(=S)NC1c1ccc(-c2ccccc2)cc1. The van der Waals surface area contributed by atoms with E-state index in [1.165, 1.54) is 19.2 Å². The van der Waals surface area contributed by atoms with Crippen LogP contribution in [-0.2, 0) is 9.53 Å². The van der Waals surface area contributed by atoms with Crippen molar-refractivity contribution in [3.8, 4) is 11.1 Å². The molecule has 1 unspecified atom stereocenters. The van der Waals surface area contributed by atoms with Gasteiger partial charge in [0.25, 0.3) is 0 Å². The summed E-state index contributed by atoms with van der Waals surface area (Å²) in [6.45, 7) is 0. The minimum atomic E-state index is -0.504. The number of hydrogen-bond donors (Lipinski definition) is 2. The fourth-order valence-corrected chi connectivity index (χ4v) is 3.71. The molecule has 1 aliphatic rings. The number of carbonyl (C=O) groups excluding carboxylic acids is 1. The van der Waals surface area contributed by atoms with Gasteiger partial charge in [-0.05, 0) is 58.7 Å². The van der Waals surface area contributed by atoms with Crippen LogP contribution < -0.4 is 10.6 Å². The van der Waals surface area contributed by atoms with Crippen molar-refractivity contribution in [1.82, 2.24) is 10.6 Å². The highest BCUT2D eigenvalue weighted by molar-refractivity contribution is 7.80. The maximum Gasteiger partial charge on any atom is 0.338 e. The van der Waals surface area contributed by atoms with E-state index in [1.807, 2.05) is 54.6 Å². The monoisotopic (exact) mass is 418 g/mol. The van der Waals surface area contributed by atoms with Gasteiger partial charge < -0.3 is 15.4 Å². The van der Waals surface area contributed by atoms with Crippen molar-refractivity contribution in [1.29, 1.82) is 0 Å². The summed E-state index contributed by atoms with van der Waals surface area (Å²) in [6, 6.07) is 23.3. The van der Waals surface area contributed by atoms with Crippen LogP contribution in [0.15, 0.2) is 84.4 Å². The molecule has 1 aliphatic heterocycles. The quantitative estimate of drug-likeness (QED) is 0.479. The molecule has 0 aromatic heterocycles. The predicted molar refractivity (Wildman–Crippen MR) is 119 cm³/mol. The van der Waals surface area contributed by atoms with Crippen molar-refractivity contribution in [2.75, 3.05) is 7.11 Å². The van der Waals surface area contributed by atoms with E-state index < -0.39 is 12.0 Å². The van der Waals surface area contributed by atoms with Gasteiger partial charge in [-0.25, -0.2) is 9.18 Å². The second-order valence-corrected chi connectivity index (χ2v) is 7.21. The highest BCUT2D eigenvalue weighted by Crippen LogP contribution is 2.33. The summed E-state index contributed by atoms with van der Waals surface area (Å²) >= 11 is 5.38. The van der Waals surface area contributed by atoms with Crippen LogP contribution in [-0.4, -0.2) is 18.2 Å². The van der Waals surface area contributed by atoms with Gasteiger partial charge >= 0.3 is 5.97 Å². The highest BCUT2D eigenvalue weighted by atomic mass is 32.1. The van der Waals surface area contributed by atoms with Crippen molar-refractivity contribution < 1.29 is 13.9 Å². The number of nitrogens with one attached hydrogen (secondary N) is 2. The molecule has 30 heavy (non-hydrogen) atoms. The smallest absolute Gasteiger partial charge is 0.338 e. The molecule has 0 bridgehead atoms. The van der Waals surface area contributed by atoms with Crippen LogP contribution in [0.4, 0.5) is 4.39 Å². The van der Waals surface area contributed by atoms with Crippen LogP contribution in [0.3, 0.4) is 0 Å². The zero-order valence-corrected chi connectivity index (χ0v) is 17.0. The van der Waals surface area contributed by atoms with Gasteiger partial charge in [0.1, 0.15) is 5.82 Å². The number of rotatable bonds is 4. The molecule has 3 aromatic rings. The van der Waals surface area contributed by atoms with Crippen molar-refractivity contribution in [3.05, 3.63) is 101 Å². The Hall–Kier alpha value is -3.51. The Bertz CT molecular complexity index is 1110. The Kier molecular flexibility index (Phi) is 5.59. The fraction of sp³-hybridized carbons (Fsp3) is 0.0833. The number of carbonyl (C=O) groups is 1. The second-order valence-electron chi connectivity index (χ2n) is 6.81. The lowest BCUT2D eigenvalue weighted by molar-refractivity contribution is -0.136. The molecule has 0 amide bonds. The number of hydrogen-bond acceptors (Lipinski definition) is 3. The summed E-state index contributed by atoms with van der Waals surface area (Å²) in [4.78, 5) is 12.7. The van der Waals surface area contributed by atoms with E-state index >= 15 is 0 Å². The number of thiocarbonyl (C=S) groups is 1. The fourth-order valence-electron chi connectivity index (χ4n) is 3.49. The molecule has 2 N–H and O–H groups in total. The summed E-state index contributed by atoms with van der Waals surface area (Å²) in [5.74, 6) is -0.850. The topological polar surface area (TPSA) is 50.4 Å². The lowest BCUT2D eigenvalue weighted by atomic mass is 9.91. The van der Waals surface area contributed by atoms with E-state index in [9.17, 15) is 9.18 Å². The molecule has 0 spiro atoms. The number of methoxy groups -OCH3 is 1. The second kappa shape index (κ2) is 8.47. The van der Waals surface area contributed by atoms with Crippen molar-refractivity contribution in [2.24, 2.45) is 0 Å². The van der Waals surface area contributed by atoms with Crippen molar-refractivity contribution in [3.63, 3.8) is 0 Å². The first-order valence-corrected chi connectivity index (χ1v) is 9.79. The van der Waals surface area contributed by atoms with Crippen LogP contribution in [0.2, 0.25) is 0 Å². The molecular formula is C24H19FN2O2S. The Morgan fingerprint density at radius 2 is 1.50 bits per heavy atom. The van der Waals surface area contributed by atoms with Crippen LogP contribution in [0.5, 0.6) is 0 Å². The zero-order chi connectivity index (χ0) is 21.1.